The van der Waals surface area contributed by atoms with Gasteiger partial charge in [0.2, 0.25) is 0 Å². The van der Waals surface area contributed by atoms with Gasteiger partial charge >= 0.3 is 15.5 Å². The van der Waals surface area contributed by atoms with Crippen molar-refractivity contribution in [3.8, 4) is 28.1 Å². The van der Waals surface area contributed by atoms with Crippen molar-refractivity contribution in [3.05, 3.63) is 78.6 Å². The first-order valence-corrected chi connectivity index (χ1v) is 13.0. The van der Waals surface area contributed by atoms with Crippen LogP contribution in [0.2, 0.25) is 0 Å². The molecular formula is C26H26F3N5O4S. The number of hydrazine groups is 1. The minimum atomic E-state index is -5.34. The average Bonchev–Trinajstić information content (AvgIpc) is 2.92. The standard InChI is InChI=1S/C25H20F3N3O4S.CH6N2/c26-25(27,28)36(33,34)30-11-1-13-35-21-8-6-18(7-9-21)17-2-4-19(5-3-17)24-14-20(16-32)22-15-29-12-10-23(22)31-24;1-3-2/h2-10,12,14-16,30H,1,11,13H2;3H,2H2,1H3. The van der Waals surface area contributed by atoms with E-state index in [9.17, 15) is 26.4 Å². The number of carbonyl (C=O) groups excluding carboxylic acids is 1. The molecule has 206 valence electrons. The lowest BCUT2D eigenvalue weighted by Gasteiger charge is -2.10. The molecule has 0 radical (unpaired) electrons. The number of aldehydes is 1. The number of hydrogen-bond donors (Lipinski definition) is 3. The number of pyridine rings is 2. The van der Waals surface area contributed by atoms with Gasteiger partial charge in [0, 0.05) is 35.5 Å². The van der Waals surface area contributed by atoms with E-state index in [0.29, 0.717) is 27.9 Å². The Hall–Kier alpha value is -3.91. The molecule has 0 aliphatic rings. The maximum absolute atomic E-state index is 12.3. The fraction of sp³-hybridized carbons (Fsp3) is 0.192. The zero-order valence-corrected chi connectivity index (χ0v) is 21.6. The lowest BCUT2D eigenvalue weighted by Crippen LogP contribution is -2.37. The highest BCUT2D eigenvalue weighted by Crippen LogP contribution is 2.28. The number of alkyl halides is 3. The predicted octanol–water partition coefficient (Wildman–Crippen LogP) is 4.06. The van der Waals surface area contributed by atoms with E-state index >= 15 is 0 Å². The zero-order valence-electron chi connectivity index (χ0n) is 20.8. The van der Waals surface area contributed by atoms with Crippen LogP contribution in [0.4, 0.5) is 13.2 Å². The van der Waals surface area contributed by atoms with Crippen LogP contribution in [0.3, 0.4) is 0 Å². The Labute approximate surface area is 223 Å². The third-order valence-electron chi connectivity index (χ3n) is 5.32. The normalized spacial score (nSPS) is 11.5. The molecule has 2 heterocycles. The number of carbonyl (C=O) groups is 1. The van der Waals surface area contributed by atoms with Gasteiger partial charge in [-0.1, -0.05) is 36.4 Å². The SMILES string of the molecule is CNN.O=Cc1cc(-c2ccc(-c3ccc(OCCCNS(=O)(=O)C(F)(F)F)cc3)cc2)nc2ccncc12. The number of sulfonamides is 1. The van der Waals surface area contributed by atoms with Gasteiger partial charge in [0.15, 0.2) is 6.29 Å². The van der Waals surface area contributed by atoms with Crippen LogP contribution in [-0.4, -0.2) is 50.4 Å². The first kappa shape index (κ1) is 29.6. The lowest BCUT2D eigenvalue weighted by molar-refractivity contribution is -0.0447. The van der Waals surface area contributed by atoms with Crippen molar-refractivity contribution in [2.24, 2.45) is 5.84 Å². The lowest BCUT2D eigenvalue weighted by atomic mass is 10.0. The Morgan fingerprint density at radius 2 is 1.59 bits per heavy atom. The van der Waals surface area contributed by atoms with Gasteiger partial charge in [-0.2, -0.15) is 13.2 Å². The molecule has 4 rings (SSSR count). The molecule has 0 saturated heterocycles. The number of benzene rings is 2. The van der Waals surface area contributed by atoms with Crippen molar-refractivity contribution < 1.29 is 31.1 Å². The maximum atomic E-state index is 12.3. The van der Waals surface area contributed by atoms with Gasteiger partial charge in [0.05, 0.1) is 17.8 Å². The zero-order chi connectivity index (χ0) is 28.5. The van der Waals surface area contributed by atoms with Gasteiger partial charge < -0.3 is 4.74 Å². The monoisotopic (exact) mass is 561 g/mol. The van der Waals surface area contributed by atoms with Crippen molar-refractivity contribution in [1.82, 2.24) is 20.1 Å². The van der Waals surface area contributed by atoms with E-state index in [4.69, 9.17) is 4.74 Å². The highest BCUT2D eigenvalue weighted by atomic mass is 32.2. The van der Waals surface area contributed by atoms with Crippen LogP contribution in [0, 0.1) is 0 Å². The molecule has 0 unspecified atom stereocenters. The molecule has 0 fully saturated rings. The smallest absolute Gasteiger partial charge is 0.494 e. The van der Waals surface area contributed by atoms with Gasteiger partial charge in [-0.3, -0.25) is 21.0 Å². The van der Waals surface area contributed by atoms with E-state index in [1.165, 1.54) is 4.72 Å². The van der Waals surface area contributed by atoms with Gasteiger partial charge in [0.1, 0.15) is 5.75 Å². The van der Waals surface area contributed by atoms with E-state index in [0.717, 1.165) is 23.0 Å². The summed E-state index contributed by atoms with van der Waals surface area (Å²) in [5.74, 6) is 5.10. The van der Waals surface area contributed by atoms with Crippen molar-refractivity contribution in [3.63, 3.8) is 0 Å². The van der Waals surface area contributed by atoms with Crippen LogP contribution >= 0.6 is 0 Å². The molecule has 0 amide bonds. The summed E-state index contributed by atoms with van der Waals surface area (Å²) in [5, 5.41) is 0.692. The number of nitrogens with zero attached hydrogens (tertiary/aromatic N) is 2. The van der Waals surface area contributed by atoms with Gasteiger partial charge in [-0.25, -0.2) is 18.1 Å². The molecule has 0 aliphatic carbocycles. The molecule has 0 aliphatic heterocycles. The van der Waals surface area contributed by atoms with Gasteiger partial charge in [-0.05, 0) is 48.9 Å². The first-order valence-electron chi connectivity index (χ1n) is 11.6. The second kappa shape index (κ2) is 13.2. The summed E-state index contributed by atoms with van der Waals surface area (Å²) >= 11 is 0. The second-order valence-electron chi connectivity index (χ2n) is 8.04. The minimum Gasteiger partial charge on any atom is -0.494 e. The Bertz CT molecular complexity index is 1500. The molecular weight excluding hydrogens is 535 g/mol. The minimum absolute atomic E-state index is 0.0476. The molecule has 0 bridgehead atoms. The Kier molecular flexibility index (Phi) is 10.1. The van der Waals surface area contributed by atoms with E-state index in [-0.39, 0.29) is 19.6 Å². The Morgan fingerprint density at radius 3 is 2.18 bits per heavy atom. The summed E-state index contributed by atoms with van der Waals surface area (Å²) in [6.07, 6.45) is 4.10. The Morgan fingerprint density at radius 1 is 1.00 bits per heavy atom. The fourth-order valence-electron chi connectivity index (χ4n) is 3.47. The van der Waals surface area contributed by atoms with Crippen LogP contribution < -0.4 is 20.7 Å². The van der Waals surface area contributed by atoms with Crippen LogP contribution in [0.1, 0.15) is 16.8 Å². The molecule has 13 heteroatoms. The molecule has 2 aromatic heterocycles. The molecule has 9 nitrogen and oxygen atoms in total. The molecule has 2 aromatic carbocycles. The summed E-state index contributed by atoms with van der Waals surface area (Å²) in [5.41, 5.74) is 1.49. The highest BCUT2D eigenvalue weighted by molar-refractivity contribution is 7.90. The molecule has 4 N–H and O–H groups in total. The van der Waals surface area contributed by atoms with Crippen molar-refractivity contribution >= 4 is 27.2 Å². The second-order valence-corrected chi connectivity index (χ2v) is 9.80. The largest absolute Gasteiger partial charge is 0.511 e. The van der Waals surface area contributed by atoms with Crippen molar-refractivity contribution in [2.45, 2.75) is 11.9 Å². The summed E-state index contributed by atoms with van der Waals surface area (Å²) in [6, 6.07) is 18.3. The van der Waals surface area contributed by atoms with Crippen LogP contribution in [-0.2, 0) is 10.0 Å². The van der Waals surface area contributed by atoms with E-state index in [1.54, 1.807) is 43.7 Å². The number of nitrogens with two attached hydrogens (primary N) is 1. The fourth-order valence-corrected chi connectivity index (χ4v) is 4.04. The number of hydrogen-bond acceptors (Lipinski definition) is 8. The van der Waals surface area contributed by atoms with Crippen molar-refractivity contribution in [1.29, 1.82) is 0 Å². The van der Waals surface area contributed by atoms with Crippen LogP contribution in [0.15, 0.2) is 73.1 Å². The molecule has 0 saturated carbocycles. The van der Waals surface area contributed by atoms with Crippen LogP contribution in [0.5, 0.6) is 5.75 Å². The van der Waals surface area contributed by atoms with E-state index in [2.05, 4.69) is 21.2 Å². The van der Waals surface area contributed by atoms with Gasteiger partial charge in [-0.15, -0.1) is 0 Å². The number of halogens is 3. The number of rotatable bonds is 9. The summed E-state index contributed by atoms with van der Waals surface area (Å²) in [7, 11) is -3.69. The molecule has 39 heavy (non-hydrogen) atoms. The number of fused-ring (bicyclic) bond motifs is 1. The molecule has 0 spiro atoms. The van der Waals surface area contributed by atoms with E-state index in [1.807, 2.05) is 36.4 Å². The average molecular weight is 562 g/mol. The quantitative estimate of drug-likeness (QED) is 0.120. The number of aromatic nitrogens is 2. The summed E-state index contributed by atoms with van der Waals surface area (Å²) in [4.78, 5) is 20.2. The number of nitrogens with one attached hydrogen (secondary N) is 2. The first-order chi connectivity index (χ1) is 18.6. The molecule has 4 aromatic rings. The summed E-state index contributed by atoms with van der Waals surface area (Å²) < 4.78 is 65.7. The van der Waals surface area contributed by atoms with Gasteiger partial charge in [0.25, 0.3) is 0 Å². The third kappa shape index (κ3) is 7.80. The van der Waals surface area contributed by atoms with Crippen molar-refractivity contribution in [2.75, 3.05) is 20.2 Å². The molecule has 0 atom stereocenters. The van der Waals surface area contributed by atoms with E-state index < -0.39 is 15.5 Å². The topological polar surface area (TPSA) is 136 Å². The maximum Gasteiger partial charge on any atom is 0.511 e. The third-order valence-corrected chi connectivity index (χ3v) is 6.52. The number of ether oxygens (including phenoxy) is 1. The predicted molar refractivity (Wildman–Crippen MR) is 142 cm³/mol. The summed E-state index contributed by atoms with van der Waals surface area (Å²) in [6.45, 7) is -0.338. The highest BCUT2D eigenvalue weighted by Gasteiger charge is 2.45. The van der Waals surface area contributed by atoms with Crippen LogP contribution in [0.25, 0.3) is 33.3 Å². The Balaban J connectivity index is 0.00000134.